The molecule has 0 spiro atoms. The lowest BCUT2D eigenvalue weighted by atomic mass is 10.1. The van der Waals surface area contributed by atoms with Crippen molar-refractivity contribution in [3.8, 4) is 0 Å². The van der Waals surface area contributed by atoms with Crippen molar-refractivity contribution >= 4 is 38.7 Å². The van der Waals surface area contributed by atoms with Gasteiger partial charge in [0.05, 0.1) is 27.7 Å². The normalized spacial score (nSPS) is 12.8. The van der Waals surface area contributed by atoms with Gasteiger partial charge in [-0.2, -0.15) is 0 Å². The number of hydrogen-bond acceptors (Lipinski definition) is 5. The molecule has 0 saturated carbocycles. The molecule has 0 unspecified atom stereocenters. The molecule has 3 N–H and O–H groups in total. The number of fused-ring (bicyclic) bond motifs is 1. The van der Waals surface area contributed by atoms with Gasteiger partial charge < -0.3 is 9.88 Å². The third-order valence-corrected chi connectivity index (χ3v) is 6.23. The number of nitrogens with two attached hydrogens (primary N) is 1. The van der Waals surface area contributed by atoms with Crippen molar-refractivity contribution in [3.05, 3.63) is 54.1 Å². The molecule has 1 amide bonds. The highest BCUT2D eigenvalue weighted by atomic mass is 32.2. The van der Waals surface area contributed by atoms with E-state index in [1.54, 1.807) is 6.07 Å². The smallest absolute Gasteiger partial charge is 0.238 e. The highest BCUT2D eigenvalue weighted by Gasteiger charge is 2.16. The largest absolute Gasteiger partial charge is 0.349 e. The topological polar surface area (TPSA) is 107 Å². The minimum atomic E-state index is -3.79. The standard InChI is InChI=1S/C19H22N4O3S2/c1-3-23-17-10-9-15(28(20,25)26)11-16(17)22-19(23)27-12-18(24)21-13(2)14-7-5-4-6-8-14/h4-11,13H,3,12H2,1-2H3,(H,21,24)(H2,20,25,26)/t13-/m1/s1. The Morgan fingerprint density at radius 3 is 2.61 bits per heavy atom. The summed E-state index contributed by atoms with van der Waals surface area (Å²) in [6, 6.07) is 14.3. The van der Waals surface area contributed by atoms with Crippen LogP contribution in [0.1, 0.15) is 25.5 Å². The summed E-state index contributed by atoms with van der Waals surface area (Å²) in [5, 5.41) is 8.83. The van der Waals surface area contributed by atoms with E-state index < -0.39 is 10.0 Å². The average Bonchev–Trinajstić information content (AvgIpc) is 3.03. The fourth-order valence-corrected chi connectivity index (χ4v) is 4.34. The van der Waals surface area contributed by atoms with Crippen LogP contribution in [-0.4, -0.2) is 29.6 Å². The zero-order valence-electron chi connectivity index (χ0n) is 15.6. The van der Waals surface area contributed by atoms with Crippen molar-refractivity contribution in [3.63, 3.8) is 0 Å². The Bertz CT molecular complexity index is 1100. The molecule has 0 radical (unpaired) electrons. The first-order valence-electron chi connectivity index (χ1n) is 8.79. The number of aryl methyl sites for hydroxylation is 1. The molecule has 9 heteroatoms. The number of carbonyl (C=O) groups excluding carboxylic acids is 1. The highest BCUT2D eigenvalue weighted by molar-refractivity contribution is 7.99. The summed E-state index contributed by atoms with van der Waals surface area (Å²) in [7, 11) is -3.79. The van der Waals surface area contributed by atoms with Gasteiger partial charge in [0.2, 0.25) is 15.9 Å². The van der Waals surface area contributed by atoms with Gasteiger partial charge >= 0.3 is 0 Å². The molecule has 0 fully saturated rings. The molecule has 0 saturated heterocycles. The maximum atomic E-state index is 12.3. The Morgan fingerprint density at radius 1 is 1.25 bits per heavy atom. The molecular weight excluding hydrogens is 396 g/mol. The number of amides is 1. The number of rotatable bonds is 7. The second-order valence-electron chi connectivity index (χ2n) is 6.32. The highest BCUT2D eigenvalue weighted by Crippen LogP contribution is 2.26. The fraction of sp³-hybridized carbons (Fsp3) is 0.263. The van der Waals surface area contributed by atoms with Gasteiger partial charge in [-0.25, -0.2) is 18.5 Å². The van der Waals surface area contributed by atoms with Gasteiger partial charge in [0, 0.05) is 6.54 Å². The molecule has 1 heterocycles. The first kappa shape index (κ1) is 20.4. The van der Waals surface area contributed by atoms with Crippen LogP contribution in [0.25, 0.3) is 11.0 Å². The number of nitrogens with one attached hydrogen (secondary N) is 1. The summed E-state index contributed by atoms with van der Waals surface area (Å²) in [5.41, 5.74) is 2.38. The van der Waals surface area contributed by atoms with Crippen LogP contribution in [0.5, 0.6) is 0 Å². The van der Waals surface area contributed by atoms with Gasteiger partial charge in [0.25, 0.3) is 0 Å². The van der Waals surface area contributed by atoms with Gasteiger partial charge in [-0.05, 0) is 37.6 Å². The maximum Gasteiger partial charge on any atom is 0.238 e. The molecule has 0 aliphatic rings. The van der Waals surface area contributed by atoms with E-state index in [9.17, 15) is 13.2 Å². The van der Waals surface area contributed by atoms with Crippen molar-refractivity contribution in [1.29, 1.82) is 0 Å². The lowest BCUT2D eigenvalue weighted by molar-refractivity contribution is -0.119. The average molecular weight is 419 g/mol. The number of nitrogens with zero attached hydrogens (tertiary/aromatic N) is 2. The molecule has 28 heavy (non-hydrogen) atoms. The first-order chi connectivity index (χ1) is 13.3. The van der Waals surface area contributed by atoms with E-state index in [0.29, 0.717) is 17.2 Å². The summed E-state index contributed by atoms with van der Waals surface area (Å²) < 4.78 is 25.1. The van der Waals surface area contributed by atoms with Crippen LogP contribution < -0.4 is 10.5 Å². The summed E-state index contributed by atoms with van der Waals surface area (Å²) >= 11 is 1.32. The van der Waals surface area contributed by atoms with Crippen LogP contribution >= 0.6 is 11.8 Å². The predicted octanol–water partition coefficient (Wildman–Crippen LogP) is 2.67. The SMILES string of the molecule is CCn1c(SCC(=O)N[C@H](C)c2ccccc2)nc2cc(S(N)(=O)=O)ccc21. The van der Waals surface area contributed by atoms with Gasteiger partial charge in [0.1, 0.15) is 0 Å². The van der Waals surface area contributed by atoms with E-state index in [1.807, 2.05) is 48.7 Å². The zero-order chi connectivity index (χ0) is 20.3. The van der Waals surface area contributed by atoms with Gasteiger partial charge in [-0.3, -0.25) is 4.79 Å². The molecule has 7 nitrogen and oxygen atoms in total. The fourth-order valence-electron chi connectivity index (χ4n) is 2.92. The molecular formula is C19H22N4O3S2. The maximum absolute atomic E-state index is 12.3. The summed E-state index contributed by atoms with van der Waals surface area (Å²) in [6.07, 6.45) is 0. The molecule has 1 aromatic heterocycles. The second-order valence-corrected chi connectivity index (χ2v) is 8.83. The van der Waals surface area contributed by atoms with E-state index in [-0.39, 0.29) is 22.6 Å². The van der Waals surface area contributed by atoms with E-state index >= 15 is 0 Å². The minimum Gasteiger partial charge on any atom is -0.349 e. The van der Waals surface area contributed by atoms with E-state index in [2.05, 4.69) is 10.3 Å². The molecule has 1 atom stereocenters. The second kappa shape index (κ2) is 8.34. The molecule has 0 aliphatic carbocycles. The Balaban J connectivity index is 1.74. The van der Waals surface area contributed by atoms with Crippen LogP contribution in [0.4, 0.5) is 0 Å². The van der Waals surface area contributed by atoms with E-state index in [4.69, 9.17) is 5.14 Å². The number of benzene rings is 2. The van der Waals surface area contributed by atoms with Crippen molar-refractivity contribution in [1.82, 2.24) is 14.9 Å². The number of primary sulfonamides is 1. The summed E-state index contributed by atoms with van der Waals surface area (Å²) in [6.45, 7) is 4.56. The molecule has 3 rings (SSSR count). The Labute approximate surface area is 168 Å². The predicted molar refractivity (Wildman–Crippen MR) is 111 cm³/mol. The van der Waals surface area contributed by atoms with Gasteiger partial charge in [-0.15, -0.1) is 0 Å². The van der Waals surface area contributed by atoms with Crippen molar-refractivity contribution in [2.45, 2.75) is 36.5 Å². The summed E-state index contributed by atoms with van der Waals surface area (Å²) in [5.74, 6) is 0.115. The molecule has 2 aromatic carbocycles. The van der Waals surface area contributed by atoms with Gasteiger partial charge in [0.15, 0.2) is 5.16 Å². The van der Waals surface area contributed by atoms with Crippen LogP contribution in [-0.2, 0) is 21.4 Å². The number of aromatic nitrogens is 2. The Kier molecular flexibility index (Phi) is 6.07. The Hall–Kier alpha value is -2.36. The van der Waals surface area contributed by atoms with Crippen molar-refractivity contribution < 1.29 is 13.2 Å². The number of hydrogen-bond donors (Lipinski definition) is 2. The lowest BCUT2D eigenvalue weighted by Crippen LogP contribution is -2.28. The van der Waals surface area contributed by atoms with Gasteiger partial charge in [-0.1, -0.05) is 42.1 Å². The monoisotopic (exact) mass is 418 g/mol. The molecule has 3 aromatic rings. The van der Waals surface area contributed by atoms with Crippen LogP contribution in [0.3, 0.4) is 0 Å². The number of thioether (sulfide) groups is 1. The number of carbonyl (C=O) groups is 1. The van der Waals surface area contributed by atoms with E-state index in [0.717, 1.165) is 11.1 Å². The third kappa shape index (κ3) is 4.54. The molecule has 0 aliphatic heterocycles. The quantitative estimate of drug-likeness (QED) is 0.574. The van der Waals surface area contributed by atoms with Crippen molar-refractivity contribution in [2.75, 3.05) is 5.75 Å². The van der Waals surface area contributed by atoms with Crippen LogP contribution in [0.15, 0.2) is 58.6 Å². The molecule has 0 bridgehead atoms. The summed E-state index contributed by atoms with van der Waals surface area (Å²) in [4.78, 5) is 16.8. The minimum absolute atomic E-state index is 0.0201. The number of imidazole rings is 1. The third-order valence-electron chi connectivity index (χ3n) is 4.34. The zero-order valence-corrected chi connectivity index (χ0v) is 17.3. The number of sulfonamides is 1. The van der Waals surface area contributed by atoms with Crippen LogP contribution in [0.2, 0.25) is 0 Å². The van der Waals surface area contributed by atoms with E-state index in [1.165, 1.54) is 23.9 Å². The first-order valence-corrected chi connectivity index (χ1v) is 11.3. The lowest BCUT2D eigenvalue weighted by Gasteiger charge is -2.14. The molecule has 148 valence electrons. The van der Waals surface area contributed by atoms with Crippen LogP contribution in [0, 0.1) is 0 Å². The van der Waals surface area contributed by atoms with Crippen molar-refractivity contribution in [2.24, 2.45) is 5.14 Å². The Morgan fingerprint density at radius 2 is 1.96 bits per heavy atom.